The van der Waals surface area contributed by atoms with Crippen LogP contribution in [-0.2, 0) is 0 Å². The van der Waals surface area contributed by atoms with Gasteiger partial charge in [-0.05, 0) is 39.3 Å². The maximum absolute atomic E-state index is 4.40. The van der Waals surface area contributed by atoms with E-state index >= 15 is 0 Å². The van der Waals surface area contributed by atoms with Crippen molar-refractivity contribution in [3.8, 4) is 0 Å². The van der Waals surface area contributed by atoms with Gasteiger partial charge in [0.15, 0.2) is 0 Å². The molecule has 1 aromatic rings. The molecule has 2 heteroatoms. The zero-order chi connectivity index (χ0) is 9.90. The average Bonchev–Trinajstić information content (AvgIpc) is 2.03. The number of nitrogens with one attached hydrogen (secondary N) is 1. The monoisotopic (exact) mass is 178 g/mol. The molecular formula is C11H18N2. The van der Waals surface area contributed by atoms with Gasteiger partial charge in [-0.2, -0.15) is 0 Å². The van der Waals surface area contributed by atoms with Crippen LogP contribution < -0.4 is 5.32 Å². The lowest BCUT2D eigenvalue weighted by molar-refractivity contribution is 0.545. The number of aryl methyl sites for hydroxylation is 1. The van der Waals surface area contributed by atoms with Gasteiger partial charge in [0.25, 0.3) is 0 Å². The van der Waals surface area contributed by atoms with E-state index in [0.29, 0.717) is 0 Å². The normalized spacial score (nSPS) is 11.4. The molecular weight excluding hydrogens is 160 g/mol. The van der Waals surface area contributed by atoms with E-state index in [0.717, 1.165) is 17.9 Å². The highest BCUT2D eigenvalue weighted by atomic mass is 15.0. The van der Waals surface area contributed by atoms with Crippen LogP contribution in [0, 0.1) is 6.92 Å². The zero-order valence-electron chi connectivity index (χ0n) is 8.89. The first-order chi connectivity index (χ1) is 6.03. The first-order valence-corrected chi connectivity index (χ1v) is 4.75. The van der Waals surface area contributed by atoms with Crippen molar-refractivity contribution < 1.29 is 0 Å². The topological polar surface area (TPSA) is 24.9 Å². The van der Waals surface area contributed by atoms with Gasteiger partial charge in [-0.1, -0.05) is 13.0 Å². The van der Waals surface area contributed by atoms with E-state index in [4.69, 9.17) is 0 Å². The summed E-state index contributed by atoms with van der Waals surface area (Å²) >= 11 is 0. The fraction of sp³-hybridized carbons (Fsp3) is 0.545. The molecule has 0 saturated carbocycles. The molecule has 0 fully saturated rings. The van der Waals surface area contributed by atoms with Gasteiger partial charge in [0.1, 0.15) is 5.82 Å². The van der Waals surface area contributed by atoms with E-state index in [-0.39, 0.29) is 5.54 Å². The Bertz CT molecular complexity index is 279. The molecule has 0 aliphatic carbocycles. The summed E-state index contributed by atoms with van der Waals surface area (Å²) in [4.78, 5) is 4.40. The Labute approximate surface area is 80.4 Å². The number of pyridine rings is 1. The Balaban J connectivity index is 2.74. The quantitative estimate of drug-likeness (QED) is 0.769. The van der Waals surface area contributed by atoms with Crippen LogP contribution in [0.25, 0.3) is 0 Å². The van der Waals surface area contributed by atoms with E-state index in [9.17, 15) is 0 Å². The van der Waals surface area contributed by atoms with Crippen molar-refractivity contribution in [2.75, 3.05) is 5.32 Å². The second-order valence-electron chi connectivity index (χ2n) is 4.03. The molecule has 13 heavy (non-hydrogen) atoms. The molecule has 2 nitrogen and oxygen atoms in total. The van der Waals surface area contributed by atoms with Crippen LogP contribution in [0.5, 0.6) is 0 Å². The van der Waals surface area contributed by atoms with Crippen molar-refractivity contribution in [2.24, 2.45) is 0 Å². The molecule has 0 spiro atoms. The van der Waals surface area contributed by atoms with Crippen molar-refractivity contribution in [1.82, 2.24) is 4.98 Å². The number of nitrogens with zero attached hydrogens (tertiary/aromatic N) is 1. The summed E-state index contributed by atoms with van der Waals surface area (Å²) in [5, 5.41) is 3.40. The second-order valence-corrected chi connectivity index (χ2v) is 4.03. The molecule has 0 radical (unpaired) electrons. The van der Waals surface area contributed by atoms with Gasteiger partial charge >= 0.3 is 0 Å². The van der Waals surface area contributed by atoms with Gasteiger partial charge in [0, 0.05) is 11.2 Å². The molecule has 1 rings (SSSR count). The molecule has 0 atom stereocenters. The molecule has 72 valence electrons. The lowest BCUT2D eigenvalue weighted by Gasteiger charge is -2.25. The predicted octanol–water partition coefficient (Wildman–Crippen LogP) is 2.99. The third kappa shape index (κ3) is 3.05. The zero-order valence-corrected chi connectivity index (χ0v) is 8.89. The highest BCUT2D eigenvalue weighted by Gasteiger charge is 2.14. The van der Waals surface area contributed by atoms with Gasteiger partial charge in [-0.3, -0.25) is 0 Å². The lowest BCUT2D eigenvalue weighted by atomic mass is 10.0. The average molecular weight is 178 g/mol. The second kappa shape index (κ2) is 3.77. The highest BCUT2D eigenvalue weighted by molar-refractivity contribution is 5.37. The minimum absolute atomic E-state index is 0.126. The molecule has 1 heterocycles. The van der Waals surface area contributed by atoms with Crippen molar-refractivity contribution >= 4 is 5.82 Å². The molecule has 1 N–H and O–H groups in total. The molecule has 0 aromatic carbocycles. The first-order valence-electron chi connectivity index (χ1n) is 4.75. The smallest absolute Gasteiger partial charge is 0.126 e. The van der Waals surface area contributed by atoms with E-state index in [1.54, 1.807) is 0 Å². The van der Waals surface area contributed by atoms with Crippen LogP contribution in [0.2, 0.25) is 0 Å². The summed E-state index contributed by atoms with van der Waals surface area (Å²) in [6.07, 6.45) is 1.09. The molecule has 0 bridgehead atoms. The maximum Gasteiger partial charge on any atom is 0.126 e. The summed E-state index contributed by atoms with van der Waals surface area (Å²) in [6, 6.07) is 6.03. The SMILES string of the molecule is CCC(C)(C)Nc1cccc(C)n1. The van der Waals surface area contributed by atoms with Gasteiger partial charge < -0.3 is 5.32 Å². The predicted molar refractivity (Wildman–Crippen MR) is 57.0 cm³/mol. The number of aromatic nitrogens is 1. The summed E-state index contributed by atoms with van der Waals surface area (Å²) in [6.45, 7) is 8.53. The summed E-state index contributed by atoms with van der Waals surface area (Å²) in [5.41, 5.74) is 1.18. The fourth-order valence-electron chi connectivity index (χ4n) is 1.05. The first kappa shape index (κ1) is 10.0. The van der Waals surface area contributed by atoms with Crippen molar-refractivity contribution in [1.29, 1.82) is 0 Å². The standard InChI is InChI=1S/C11H18N2/c1-5-11(3,4)13-10-8-6-7-9(2)12-10/h6-8H,5H2,1-4H3,(H,12,13). The van der Waals surface area contributed by atoms with Crippen LogP contribution in [0.15, 0.2) is 18.2 Å². The Kier molecular flexibility index (Phi) is 2.91. The van der Waals surface area contributed by atoms with Crippen LogP contribution in [0.1, 0.15) is 32.9 Å². The molecule has 0 unspecified atom stereocenters. The Morgan fingerprint density at radius 2 is 2.08 bits per heavy atom. The summed E-state index contributed by atoms with van der Waals surface area (Å²) < 4.78 is 0. The van der Waals surface area contributed by atoms with E-state index in [2.05, 4.69) is 31.1 Å². The maximum atomic E-state index is 4.40. The van der Waals surface area contributed by atoms with Crippen LogP contribution >= 0.6 is 0 Å². The molecule has 0 aliphatic heterocycles. The highest BCUT2D eigenvalue weighted by Crippen LogP contribution is 2.15. The van der Waals surface area contributed by atoms with E-state index < -0.39 is 0 Å². The minimum atomic E-state index is 0.126. The lowest BCUT2D eigenvalue weighted by Crippen LogP contribution is -2.30. The summed E-state index contributed by atoms with van der Waals surface area (Å²) in [7, 11) is 0. The van der Waals surface area contributed by atoms with E-state index in [1.165, 1.54) is 0 Å². The van der Waals surface area contributed by atoms with Crippen molar-refractivity contribution in [3.63, 3.8) is 0 Å². The van der Waals surface area contributed by atoms with Gasteiger partial charge in [0.05, 0.1) is 0 Å². The Hall–Kier alpha value is -1.05. The largest absolute Gasteiger partial charge is 0.365 e. The van der Waals surface area contributed by atoms with E-state index in [1.807, 2.05) is 25.1 Å². The Morgan fingerprint density at radius 1 is 1.38 bits per heavy atom. The Morgan fingerprint density at radius 3 is 2.62 bits per heavy atom. The van der Waals surface area contributed by atoms with Crippen LogP contribution in [0.4, 0.5) is 5.82 Å². The fourth-order valence-corrected chi connectivity index (χ4v) is 1.05. The third-order valence-electron chi connectivity index (χ3n) is 2.24. The number of hydrogen-bond acceptors (Lipinski definition) is 2. The molecule has 0 amide bonds. The molecule has 0 saturated heterocycles. The van der Waals surface area contributed by atoms with Crippen molar-refractivity contribution in [3.05, 3.63) is 23.9 Å². The van der Waals surface area contributed by atoms with Gasteiger partial charge in [-0.25, -0.2) is 4.98 Å². The number of rotatable bonds is 3. The summed E-state index contributed by atoms with van der Waals surface area (Å²) in [5.74, 6) is 0.965. The number of anilines is 1. The van der Waals surface area contributed by atoms with Crippen molar-refractivity contribution in [2.45, 2.75) is 39.7 Å². The van der Waals surface area contributed by atoms with Crippen LogP contribution in [-0.4, -0.2) is 10.5 Å². The number of hydrogen-bond donors (Lipinski definition) is 1. The molecule has 0 aliphatic rings. The van der Waals surface area contributed by atoms with Crippen LogP contribution in [0.3, 0.4) is 0 Å². The van der Waals surface area contributed by atoms with Gasteiger partial charge in [0.2, 0.25) is 0 Å². The van der Waals surface area contributed by atoms with Gasteiger partial charge in [-0.15, -0.1) is 0 Å². The minimum Gasteiger partial charge on any atom is -0.365 e. The third-order valence-corrected chi connectivity index (χ3v) is 2.24. The molecule has 1 aromatic heterocycles.